The SMILES string of the molecule is CCn1cc(CNC(=O)c2cc(C(=O)NC3CCc4cc(C#N)ccc43)ncn2)cn1. The minimum Gasteiger partial charge on any atom is -0.347 e. The zero-order valence-electron chi connectivity index (χ0n) is 17.0. The maximum absolute atomic E-state index is 12.7. The summed E-state index contributed by atoms with van der Waals surface area (Å²) in [5, 5.41) is 19.0. The summed E-state index contributed by atoms with van der Waals surface area (Å²) in [6.07, 6.45) is 6.31. The van der Waals surface area contributed by atoms with Crippen molar-refractivity contribution in [2.45, 2.75) is 38.9 Å². The van der Waals surface area contributed by atoms with Crippen LogP contribution in [-0.4, -0.2) is 31.6 Å². The van der Waals surface area contributed by atoms with Gasteiger partial charge in [0, 0.05) is 30.9 Å². The second kappa shape index (κ2) is 8.75. The summed E-state index contributed by atoms with van der Waals surface area (Å²) in [7, 11) is 0. The van der Waals surface area contributed by atoms with Gasteiger partial charge in [0.1, 0.15) is 17.7 Å². The summed E-state index contributed by atoms with van der Waals surface area (Å²) in [4.78, 5) is 33.2. The number of hydrogen-bond acceptors (Lipinski definition) is 6. The first-order valence-corrected chi connectivity index (χ1v) is 10.0. The lowest BCUT2D eigenvalue weighted by atomic mass is 10.1. The highest BCUT2D eigenvalue weighted by molar-refractivity contribution is 5.97. The average Bonchev–Trinajstić information content (AvgIpc) is 3.44. The molecule has 0 aliphatic heterocycles. The molecule has 9 heteroatoms. The van der Waals surface area contributed by atoms with Crippen molar-refractivity contribution in [1.82, 2.24) is 30.4 Å². The predicted octanol–water partition coefficient (Wildman–Crippen LogP) is 1.91. The number of carbonyl (C=O) groups is 2. The monoisotopic (exact) mass is 415 g/mol. The van der Waals surface area contributed by atoms with Crippen LogP contribution in [0.15, 0.2) is 43.0 Å². The van der Waals surface area contributed by atoms with Crippen LogP contribution in [0.1, 0.15) is 62.6 Å². The standard InChI is InChI=1S/C22H21N7O2/c1-2-29-12-15(11-27-29)10-24-21(30)19-8-20(26-13-25-19)22(31)28-18-6-4-16-7-14(9-23)3-5-17(16)18/h3,5,7-8,11-13,18H,2,4,6,10H2,1H3,(H,24,30)(H,28,31). The number of nitrogens with zero attached hydrogens (tertiary/aromatic N) is 5. The fourth-order valence-electron chi connectivity index (χ4n) is 3.62. The Morgan fingerprint density at radius 2 is 2.03 bits per heavy atom. The third-order valence-electron chi connectivity index (χ3n) is 5.25. The Morgan fingerprint density at radius 3 is 2.77 bits per heavy atom. The molecule has 0 saturated heterocycles. The fourth-order valence-corrected chi connectivity index (χ4v) is 3.62. The fraction of sp³-hybridized carbons (Fsp3) is 0.273. The van der Waals surface area contributed by atoms with E-state index in [4.69, 9.17) is 5.26 Å². The van der Waals surface area contributed by atoms with Crippen LogP contribution in [0.5, 0.6) is 0 Å². The molecule has 4 rings (SSSR count). The van der Waals surface area contributed by atoms with Crippen molar-refractivity contribution in [3.63, 3.8) is 0 Å². The molecular weight excluding hydrogens is 394 g/mol. The summed E-state index contributed by atoms with van der Waals surface area (Å²) >= 11 is 0. The van der Waals surface area contributed by atoms with Crippen LogP contribution in [0.25, 0.3) is 0 Å². The summed E-state index contributed by atoms with van der Waals surface area (Å²) in [5.74, 6) is -0.765. The third kappa shape index (κ3) is 4.43. The molecule has 156 valence electrons. The number of benzene rings is 1. The maximum Gasteiger partial charge on any atom is 0.270 e. The van der Waals surface area contributed by atoms with Crippen LogP contribution in [0.2, 0.25) is 0 Å². The summed E-state index contributed by atoms with van der Waals surface area (Å²) in [6, 6.07) is 8.85. The van der Waals surface area contributed by atoms with E-state index in [9.17, 15) is 9.59 Å². The zero-order chi connectivity index (χ0) is 21.8. The van der Waals surface area contributed by atoms with Gasteiger partial charge in [-0.05, 0) is 43.0 Å². The predicted molar refractivity (Wildman–Crippen MR) is 111 cm³/mol. The van der Waals surface area contributed by atoms with Crippen molar-refractivity contribution in [1.29, 1.82) is 5.26 Å². The number of aromatic nitrogens is 4. The van der Waals surface area contributed by atoms with Gasteiger partial charge in [-0.1, -0.05) is 6.07 Å². The first-order chi connectivity index (χ1) is 15.1. The number of hydrogen-bond donors (Lipinski definition) is 2. The smallest absolute Gasteiger partial charge is 0.270 e. The molecular formula is C22H21N7O2. The van der Waals surface area contributed by atoms with Gasteiger partial charge in [-0.2, -0.15) is 10.4 Å². The molecule has 0 fully saturated rings. The van der Waals surface area contributed by atoms with E-state index in [0.29, 0.717) is 12.1 Å². The molecule has 0 saturated carbocycles. The second-order valence-corrected chi connectivity index (χ2v) is 7.27. The van der Waals surface area contributed by atoms with E-state index < -0.39 is 5.91 Å². The lowest BCUT2D eigenvalue weighted by Crippen LogP contribution is -2.29. The number of rotatable bonds is 6. The van der Waals surface area contributed by atoms with Gasteiger partial charge in [0.15, 0.2) is 0 Å². The zero-order valence-corrected chi connectivity index (χ0v) is 17.0. The normalized spacial score (nSPS) is 14.5. The van der Waals surface area contributed by atoms with Gasteiger partial charge in [-0.25, -0.2) is 9.97 Å². The number of carbonyl (C=O) groups excluding carboxylic acids is 2. The minimum absolute atomic E-state index is 0.119. The minimum atomic E-state index is -0.393. The first kappa shape index (κ1) is 20.2. The number of fused-ring (bicyclic) bond motifs is 1. The Bertz CT molecular complexity index is 1180. The van der Waals surface area contributed by atoms with E-state index in [1.165, 1.54) is 12.4 Å². The van der Waals surface area contributed by atoms with Gasteiger partial charge in [-0.15, -0.1) is 0 Å². The molecule has 3 aromatic rings. The van der Waals surface area contributed by atoms with Crippen LogP contribution in [0, 0.1) is 11.3 Å². The van der Waals surface area contributed by atoms with Crippen molar-refractivity contribution in [3.8, 4) is 6.07 Å². The summed E-state index contributed by atoms with van der Waals surface area (Å²) in [5.41, 5.74) is 3.81. The molecule has 9 nitrogen and oxygen atoms in total. The highest BCUT2D eigenvalue weighted by Gasteiger charge is 2.25. The lowest BCUT2D eigenvalue weighted by molar-refractivity contribution is 0.0931. The molecule has 2 aromatic heterocycles. The number of amides is 2. The largest absolute Gasteiger partial charge is 0.347 e. The van der Waals surface area contributed by atoms with Gasteiger partial charge in [0.05, 0.1) is 23.9 Å². The molecule has 1 aliphatic rings. The summed E-state index contributed by atoms with van der Waals surface area (Å²) < 4.78 is 1.77. The Labute approximate surface area is 179 Å². The van der Waals surface area contributed by atoms with Crippen LogP contribution in [0.3, 0.4) is 0 Å². The van der Waals surface area contributed by atoms with Gasteiger partial charge >= 0.3 is 0 Å². The van der Waals surface area contributed by atoms with Crippen molar-refractivity contribution in [3.05, 3.63) is 76.6 Å². The molecule has 1 aliphatic carbocycles. The van der Waals surface area contributed by atoms with Crippen molar-refractivity contribution in [2.24, 2.45) is 0 Å². The topological polar surface area (TPSA) is 126 Å². The van der Waals surface area contributed by atoms with Crippen LogP contribution >= 0.6 is 0 Å². The molecule has 1 unspecified atom stereocenters. The second-order valence-electron chi connectivity index (χ2n) is 7.27. The molecule has 1 aromatic carbocycles. The molecule has 1 atom stereocenters. The van der Waals surface area contributed by atoms with Crippen LogP contribution in [0.4, 0.5) is 0 Å². The van der Waals surface area contributed by atoms with Crippen molar-refractivity contribution >= 4 is 11.8 Å². The Hall–Kier alpha value is -4.06. The van der Waals surface area contributed by atoms with E-state index in [1.807, 2.05) is 25.3 Å². The van der Waals surface area contributed by atoms with Crippen LogP contribution in [-0.2, 0) is 19.5 Å². The number of aryl methyl sites for hydroxylation is 2. The van der Waals surface area contributed by atoms with Crippen molar-refractivity contribution < 1.29 is 9.59 Å². The first-order valence-electron chi connectivity index (χ1n) is 10.0. The summed E-state index contributed by atoms with van der Waals surface area (Å²) in [6.45, 7) is 3.05. The molecule has 2 N–H and O–H groups in total. The highest BCUT2D eigenvalue weighted by atomic mass is 16.2. The number of nitrogens with one attached hydrogen (secondary N) is 2. The molecule has 0 bridgehead atoms. The molecule has 2 amide bonds. The van der Waals surface area contributed by atoms with Gasteiger partial charge in [0.2, 0.25) is 0 Å². The quantitative estimate of drug-likeness (QED) is 0.633. The van der Waals surface area contributed by atoms with Crippen molar-refractivity contribution in [2.75, 3.05) is 0 Å². The maximum atomic E-state index is 12.7. The Balaban J connectivity index is 1.40. The molecule has 0 radical (unpaired) electrons. The van der Waals surface area contributed by atoms with E-state index in [0.717, 1.165) is 36.1 Å². The Kier molecular flexibility index (Phi) is 5.71. The number of nitriles is 1. The average molecular weight is 415 g/mol. The van der Waals surface area contributed by atoms with Gasteiger partial charge in [-0.3, -0.25) is 14.3 Å². The van der Waals surface area contributed by atoms with E-state index >= 15 is 0 Å². The van der Waals surface area contributed by atoms with Crippen LogP contribution < -0.4 is 10.6 Å². The lowest BCUT2D eigenvalue weighted by Gasteiger charge is -2.14. The van der Waals surface area contributed by atoms with E-state index in [2.05, 4.69) is 31.8 Å². The highest BCUT2D eigenvalue weighted by Crippen LogP contribution is 2.31. The Morgan fingerprint density at radius 1 is 1.23 bits per heavy atom. The van der Waals surface area contributed by atoms with E-state index in [-0.39, 0.29) is 23.3 Å². The molecule has 0 spiro atoms. The van der Waals surface area contributed by atoms with Gasteiger partial charge < -0.3 is 10.6 Å². The molecule has 2 heterocycles. The molecule has 31 heavy (non-hydrogen) atoms. The van der Waals surface area contributed by atoms with Gasteiger partial charge in [0.25, 0.3) is 11.8 Å². The third-order valence-corrected chi connectivity index (χ3v) is 5.25. The van der Waals surface area contributed by atoms with E-state index in [1.54, 1.807) is 16.9 Å².